The van der Waals surface area contributed by atoms with Crippen molar-refractivity contribution in [2.75, 3.05) is 26.2 Å². The highest BCUT2D eigenvalue weighted by Crippen LogP contribution is 2.20. The average molecular weight is 292 g/mol. The van der Waals surface area contributed by atoms with E-state index in [2.05, 4.69) is 47.1 Å². The van der Waals surface area contributed by atoms with Crippen molar-refractivity contribution in [3.8, 4) is 0 Å². The van der Waals surface area contributed by atoms with Crippen molar-refractivity contribution in [2.24, 2.45) is 0 Å². The molecule has 2 fully saturated rings. The smallest absolute Gasteiger partial charge is 0.151 e. The fourth-order valence-electron chi connectivity index (χ4n) is 2.85. The van der Waals surface area contributed by atoms with Crippen LogP contribution >= 0.6 is 0 Å². The molecule has 1 N–H and O–H groups in total. The maximum Gasteiger partial charge on any atom is 0.151 e. The number of nitrogens with one attached hydrogen (secondary N) is 1. The van der Waals surface area contributed by atoms with Crippen LogP contribution in [-0.4, -0.2) is 52.7 Å². The van der Waals surface area contributed by atoms with Gasteiger partial charge in [-0.25, -0.2) is 0 Å². The van der Waals surface area contributed by atoms with Gasteiger partial charge < -0.3 is 9.84 Å². The molecular weight excluding hydrogens is 264 g/mol. The molecular formula is C16H28N4O. The van der Waals surface area contributed by atoms with Crippen LogP contribution in [0.5, 0.6) is 0 Å². The van der Waals surface area contributed by atoms with Crippen LogP contribution in [0.15, 0.2) is 10.6 Å². The third-order valence-corrected chi connectivity index (χ3v) is 4.46. The van der Waals surface area contributed by atoms with Crippen molar-refractivity contribution < 1.29 is 4.52 Å². The Kier molecular flexibility index (Phi) is 4.33. The van der Waals surface area contributed by atoms with Gasteiger partial charge in [-0.2, -0.15) is 0 Å². The molecule has 0 aromatic carbocycles. The Hall–Kier alpha value is -0.910. The molecule has 1 saturated carbocycles. The van der Waals surface area contributed by atoms with Crippen LogP contribution in [0.4, 0.5) is 0 Å². The highest BCUT2D eigenvalue weighted by Gasteiger charge is 2.26. The van der Waals surface area contributed by atoms with Gasteiger partial charge in [-0.05, 0) is 33.6 Å². The van der Waals surface area contributed by atoms with Crippen LogP contribution in [0.1, 0.15) is 45.1 Å². The highest BCUT2D eigenvalue weighted by molar-refractivity contribution is 5.06. The maximum absolute atomic E-state index is 5.47. The van der Waals surface area contributed by atoms with E-state index in [1.54, 1.807) is 0 Å². The molecule has 118 valence electrons. The maximum atomic E-state index is 5.47. The van der Waals surface area contributed by atoms with E-state index in [4.69, 9.17) is 4.52 Å². The molecule has 0 unspecified atom stereocenters. The Labute approximate surface area is 127 Å². The second kappa shape index (κ2) is 6.07. The van der Waals surface area contributed by atoms with Gasteiger partial charge in [0, 0.05) is 50.4 Å². The summed E-state index contributed by atoms with van der Waals surface area (Å²) in [5.41, 5.74) is 1.31. The van der Waals surface area contributed by atoms with Gasteiger partial charge >= 0.3 is 0 Å². The van der Waals surface area contributed by atoms with Gasteiger partial charge in [0.2, 0.25) is 0 Å². The molecule has 0 atom stereocenters. The van der Waals surface area contributed by atoms with Crippen LogP contribution in [0.25, 0.3) is 0 Å². The van der Waals surface area contributed by atoms with E-state index in [9.17, 15) is 0 Å². The summed E-state index contributed by atoms with van der Waals surface area (Å²) in [6, 6.07) is 2.82. The minimum Gasteiger partial charge on any atom is -0.360 e. The van der Waals surface area contributed by atoms with Crippen LogP contribution < -0.4 is 5.32 Å². The van der Waals surface area contributed by atoms with Gasteiger partial charge in [0.15, 0.2) is 5.76 Å². The van der Waals surface area contributed by atoms with E-state index in [-0.39, 0.29) is 5.54 Å². The van der Waals surface area contributed by atoms with E-state index in [0.29, 0.717) is 0 Å². The first-order valence-electron chi connectivity index (χ1n) is 8.16. The van der Waals surface area contributed by atoms with Crippen LogP contribution in [0.3, 0.4) is 0 Å². The normalized spacial score (nSPS) is 21.9. The third kappa shape index (κ3) is 4.28. The van der Waals surface area contributed by atoms with E-state index < -0.39 is 0 Å². The lowest BCUT2D eigenvalue weighted by atomic mass is 10.0. The molecule has 2 aliphatic rings. The summed E-state index contributed by atoms with van der Waals surface area (Å²) in [6.07, 6.45) is 2.62. The summed E-state index contributed by atoms with van der Waals surface area (Å²) in [6.45, 7) is 13.1. The van der Waals surface area contributed by atoms with E-state index >= 15 is 0 Å². The average Bonchev–Trinajstić information content (AvgIpc) is 3.16. The topological polar surface area (TPSA) is 44.5 Å². The summed E-state index contributed by atoms with van der Waals surface area (Å²) in [7, 11) is 0. The Morgan fingerprint density at radius 2 is 1.95 bits per heavy atom. The fourth-order valence-corrected chi connectivity index (χ4v) is 2.85. The van der Waals surface area contributed by atoms with Crippen molar-refractivity contribution in [3.63, 3.8) is 0 Å². The lowest BCUT2D eigenvalue weighted by Crippen LogP contribution is -2.53. The van der Waals surface area contributed by atoms with Crippen LogP contribution in [0, 0.1) is 0 Å². The standard InChI is InChI=1S/C16H28N4O/c1-16(2,3)20-8-6-19(7-9-20)12-15-10-14(18-21-15)11-17-13-4-5-13/h10,13,17H,4-9,11-12H2,1-3H3. The molecule has 5 nitrogen and oxygen atoms in total. The molecule has 5 heteroatoms. The van der Waals surface area contributed by atoms with Crippen molar-refractivity contribution in [3.05, 3.63) is 17.5 Å². The van der Waals surface area contributed by atoms with Gasteiger partial charge in [0.05, 0.1) is 12.2 Å². The van der Waals surface area contributed by atoms with Crippen LogP contribution in [-0.2, 0) is 13.1 Å². The molecule has 0 amide bonds. The zero-order valence-electron chi connectivity index (χ0n) is 13.6. The van der Waals surface area contributed by atoms with Crippen molar-refractivity contribution in [1.82, 2.24) is 20.3 Å². The molecule has 3 rings (SSSR count). The molecule has 1 aliphatic heterocycles. The summed E-state index contributed by atoms with van der Waals surface area (Å²) in [5, 5.41) is 7.63. The third-order valence-electron chi connectivity index (χ3n) is 4.46. The Balaban J connectivity index is 1.44. The quantitative estimate of drug-likeness (QED) is 0.897. The number of aromatic nitrogens is 1. The minimum absolute atomic E-state index is 0.278. The molecule has 1 aromatic rings. The zero-order chi connectivity index (χ0) is 14.9. The Bertz CT molecular complexity index is 453. The van der Waals surface area contributed by atoms with Crippen molar-refractivity contribution >= 4 is 0 Å². The second-order valence-corrected chi connectivity index (χ2v) is 7.37. The fraction of sp³-hybridized carbons (Fsp3) is 0.812. The number of hydrogen-bond acceptors (Lipinski definition) is 5. The molecule has 1 aromatic heterocycles. The molecule has 0 bridgehead atoms. The molecule has 0 radical (unpaired) electrons. The summed E-state index contributed by atoms with van der Waals surface area (Å²) in [4.78, 5) is 5.01. The minimum atomic E-state index is 0.278. The van der Waals surface area contributed by atoms with Gasteiger partial charge in [-0.15, -0.1) is 0 Å². The molecule has 1 saturated heterocycles. The predicted molar refractivity (Wildman–Crippen MR) is 83.0 cm³/mol. The zero-order valence-corrected chi connectivity index (χ0v) is 13.6. The number of rotatable bonds is 5. The summed E-state index contributed by atoms with van der Waals surface area (Å²) in [5.74, 6) is 0.992. The lowest BCUT2D eigenvalue weighted by molar-refractivity contribution is 0.0553. The molecule has 21 heavy (non-hydrogen) atoms. The first kappa shape index (κ1) is 15.0. The largest absolute Gasteiger partial charge is 0.360 e. The molecule has 0 spiro atoms. The Morgan fingerprint density at radius 1 is 1.24 bits per heavy atom. The predicted octanol–water partition coefficient (Wildman–Crippen LogP) is 1.84. The number of nitrogens with zero attached hydrogens (tertiary/aromatic N) is 3. The monoisotopic (exact) mass is 292 g/mol. The summed E-state index contributed by atoms with van der Waals surface area (Å²) >= 11 is 0. The van der Waals surface area contributed by atoms with Gasteiger partial charge in [0.25, 0.3) is 0 Å². The van der Waals surface area contributed by atoms with Crippen molar-refractivity contribution in [2.45, 2.75) is 58.3 Å². The van der Waals surface area contributed by atoms with E-state index in [1.165, 1.54) is 12.8 Å². The first-order valence-corrected chi connectivity index (χ1v) is 8.16. The summed E-state index contributed by atoms with van der Waals surface area (Å²) < 4.78 is 5.47. The molecule has 2 heterocycles. The first-order chi connectivity index (χ1) is 10.0. The van der Waals surface area contributed by atoms with Gasteiger partial charge in [-0.1, -0.05) is 5.16 Å². The second-order valence-electron chi connectivity index (χ2n) is 7.37. The van der Waals surface area contributed by atoms with E-state index in [1.807, 2.05) is 0 Å². The van der Waals surface area contributed by atoms with Crippen molar-refractivity contribution in [1.29, 1.82) is 0 Å². The Morgan fingerprint density at radius 3 is 2.57 bits per heavy atom. The molecule has 1 aliphatic carbocycles. The number of hydrogen-bond donors (Lipinski definition) is 1. The highest BCUT2D eigenvalue weighted by atomic mass is 16.5. The number of piperazine rings is 1. The lowest BCUT2D eigenvalue weighted by Gasteiger charge is -2.42. The van der Waals surface area contributed by atoms with E-state index in [0.717, 1.165) is 56.8 Å². The van der Waals surface area contributed by atoms with Gasteiger partial charge in [-0.3, -0.25) is 9.80 Å². The SMILES string of the molecule is CC(C)(C)N1CCN(Cc2cc(CNC3CC3)no2)CC1. The van der Waals surface area contributed by atoms with Crippen LogP contribution in [0.2, 0.25) is 0 Å². The van der Waals surface area contributed by atoms with Gasteiger partial charge in [0.1, 0.15) is 0 Å².